The average molecular weight is 320 g/mol. The summed E-state index contributed by atoms with van der Waals surface area (Å²) in [5.41, 5.74) is 3.45. The molecule has 0 saturated heterocycles. The van der Waals surface area contributed by atoms with Gasteiger partial charge in [0.1, 0.15) is 0 Å². The molecule has 0 radical (unpaired) electrons. The Balaban J connectivity index is 1.95. The van der Waals surface area contributed by atoms with Crippen LogP contribution in [0, 0.1) is 0 Å². The molecule has 24 heavy (non-hydrogen) atoms. The van der Waals surface area contributed by atoms with E-state index in [0.717, 1.165) is 11.9 Å². The van der Waals surface area contributed by atoms with Crippen molar-refractivity contribution in [3.05, 3.63) is 71.9 Å². The first-order valence-electron chi connectivity index (χ1n) is 8.59. The first-order chi connectivity index (χ1) is 11.7. The third kappa shape index (κ3) is 3.51. The second kappa shape index (κ2) is 7.35. The van der Waals surface area contributed by atoms with Crippen molar-refractivity contribution in [2.24, 2.45) is 0 Å². The Morgan fingerprint density at radius 3 is 2.54 bits per heavy atom. The van der Waals surface area contributed by atoms with Crippen molar-refractivity contribution in [1.29, 1.82) is 0 Å². The van der Waals surface area contributed by atoms with Gasteiger partial charge in [-0.15, -0.1) is 0 Å². The summed E-state index contributed by atoms with van der Waals surface area (Å²) in [5, 5.41) is 4.27. The number of fused-ring (bicyclic) bond motifs is 1. The number of nitrogens with one attached hydrogen (secondary N) is 2. The number of benzene rings is 2. The number of aromatic amines is 1. The fourth-order valence-corrected chi connectivity index (χ4v) is 3.10. The van der Waals surface area contributed by atoms with Crippen LogP contribution in [0.5, 0.6) is 0 Å². The number of hydrogen-bond acceptors (Lipinski definition) is 1. The molecule has 124 valence electrons. The van der Waals surface area contributed by atoms with Crippen LogP contribution in [-0.4, -0.2) is 16.9 Å². The minimum atomic E-state index is 0.0476. The molecular weight excluding hydrogens is 296 g/mol. The molecule has 2 atom stereocenters. The number of carbonyl (C=O) groups excluding carboxylic acids is 1. The maximum Gasteiger partial charge on any atom is 0.221 e. The molecule has 3 rings (SSSR count). The molecule has 0 bridgehead atoms. The Morgan fingerprint density at radius 2 is 1.79 bits per heavy atom. The standard InChI is InChI=1S/C21H24N2O/c1-3-15(2)23-21(24)13-18(16-9-5-4-6-10-16)19-14-22-20-12-8-7-11-17(19)20/h4-12,14-15,18,22H,3,13H2,1-2H3,(H,23,24). The molecule has 3 nitrogen and oxygen atoms in total. The van der Waals surface area contributed by atoms with E-state index in [-0.39, 0.29) is 17.9 Å². The van der Waals surface area contributed by atoms with Gasteiger partial charge in [0.2, 0.25) is 5.91 Å². The highest BCUT2D eigenvalue weighted by atomic mass is 16.1. The van der Waals surface area contributed by atoms with Gasteiger partial charge in [-0.05, 0) is 30.5 Å². The predicted octanol–water partition coefficient (Wildman–Crippen LogP) is 4.60. The van der Waals surface area contributed by atoms with E-state index in [9.17, 15) is 4.79 Å². The minimum Gasteiger partial charge on any atom is -0.361 e. The fraction of sp³-hybridized carbons (Fsp3) is 0.286. The normalized spacial score (nSPS) is 13.6. The Labute approximate surface area is 143 Å². The van der Waals surface area contributed by atoms with Crippen molar-refractivity contribution in [3.63, 3.8) is 0 Å². The highest BCUT2D eigenvalue weighted by Crippen LogP contribution is 2.33. The van der Waals surface area contributed by atoms with Gasteiger partial charge in [-0.3, -0.25) is 4.79 Å². The Bertz CT molecular complexity index is 807. The van der Waals surface area contributed by atoms with Gasteiger partial charge in [-0.25, -0.2) is 0 Å². The lowest BCUT2D eigenvalue weighted by Crippen LogP contribution is -2.33. The van der Waals surface area contributed by atoms with Crippen molar-refractivity contribution in [3.8, 4) is 0 Å². The molecule has 0 aliphatic heterocycles. The summed E-state index contributed by atoms with van der Waals surface area (Å²) < 4.78 is 0. The quantitative estimate of drug-likeness (QED) is 0.685. The lowest BCUT2D eigenvalue weighted by molar-refractivity contribution is -0.121. The number of carbonyl (C=O) groups is 1. The van der Waals surface area contributed by atoms with Gasteiger partial charge in [0.25, 0.3) is 0 Å². The summed E-state index contributed by atoms with van der Waals surface area (Å²) in [5.74, 6) is 0.148. The van der Waals surface area contributed by atoms with Gasteiger partial charge in [-0.2, -0.15) is 0 Å². The number of para-hydroxylation sites is 1. The third-order valence-corrected chi connectivity index (χ3v) is 4.61. The van der Waals surface area contributed by atoms with Gasteiger partial charge < -0.3 is 10.3 Å². The predicted molar refractivity (Wildman–Crippen MR) is 99.1 cm³/mol. The molecule has 1 amide bonds. The van der Waals surface area contributed by atoms with Crippen molar-refractivity contribution >= 4 is 16.8 Å². The van der Waals surface area contributed by atoms with E-state index in [4.69, 9.17) is 0 Å². The molecule has 0 saturated carbocycles. The van der Waals surface area contributed by atoms with Crippen LogP contribution in [0.1, 0.15) is 43.7 Å². The van der Waals surface area contributed by atoms with E-state index in [0.29, 0.717) is 6.42 Å². The maximum absolute atomic E-state index is 12.5. The average Bonchev–Trinajstić information content (AvgIpc) is 3.04. The number of H-pyrrole nitrogens is 1. The molecule has 2 N–H and O–H groups in total. The van der Waals surface area contributed by atoms with E-state index in [2.05, 4.69) is 41.5 Å². The molecule has 2 unspecified atom stereocenters. The zero-order valence-corrected chi connectivity index (χ0v) is 14.3. The summed E-state index contributed by atoms with van der Waals surface area (Å²) in [6.07, 6.45) is 3.43. The first-order valence-corrected chi connectivity index (χ1v) is 8.59. The van der Waals surface area contributed by atoms with Crippen LogP contribution < -0.4 is 5.32 Å². The van der Waals surface area contributed by atoms with E-state index in [1.165, 1.54) is 16.5 Å². The van der Waals surface area contributed by atoms with Crippen molar-refractivity contribution < 1.29 is 4.79 Å². The lowest BCUT2D eigenvalue weighted by atomic mass is 9.88. The fourth-order valence-electron chi connectivity index (χ4n) is 3.10. The highest BCUT2D eigenvalue weighted by Gasteiger charge is 2.21. The van der Waals surface area contributed by atoms with E-state index in [1.54, 1.807) is 0 Å². The van der Waals surface area contributed by atoms with Crippen LogP contribution in [0.15, 0.2) is 60.8 Å². The van der Waals surface area contributed by atoms with Crippen LogP contribution in [0.2, 0.25) is 0 Å². The lowest BCUT2D eigenvalue weighted by Gasteiger charge is -2.19. The summed E-state index contributed by atoms with van der Waals surface area (Å²) in [4.78, 5) is 15.8. The largest absolute Gasteiger partial charge is 0.361 e. The van der Waals surface area contributed by atoms with Gasteiger partial charge >= 0.3 is 0 Å². The minimum absolute atomic E-state index is 0.0476. The molecule has 1 heterocycles. The third-order valence-electron chi connectivity index (χ3n) is 4.61. The smallest absolute Gasteiger partial charge is 0.221 e. The maximum atomic E-state index is 12.5. The number of rotatable bonds is 6. The molecule has 0 spiro atoms. The highest BCUT2D eigenvalue weighted by molar-refractivity contribution is 5.86. The van der Waals surface area contributed by atoms with Crippen molar-refractivity contribution in [1.82, 2.24) is 10.3 Å². The van der Waals surface area contributed by atoms with Gasteiger partial charge in [0.15, 0.2) is 0 Å². The number of aromatic nitrogens is 1. The first kappa shape index (κ1) is 16.3. The molecule has 3 heteroatoms. The summed E-state index contributed by atoms with van der Waals surface area (Å²) >= 11 is 0. The second-order valence-corrected chi connectivity index (χ2v) is 6.33. The summed E-state index contributed by atoms with van der Waals surface area (Å²) in [6, 6.07) is 18.7. The molecule has 0 fully saturated rings. The van der Waals surface area contributed by atoms with Crippen LogP contribution in [-0.2, 0) is 4.79 Å². The molecule has 2 aromatic carbocycles. The summed E-state index contributed by atoms with van der Waals surface area (Å²) in [6.45, 7) is 4.13. The molecule has 1 aromatic heterocycles. The number of amides is 1. The van der Waals surface area contributed by atoms with Crippen LogP contribution in [0.4, 0.5) is 0 Å². The van der Waals surface area contributed by atoms with Crippen LogP contribution in [0.25, 0.3) is 10.9 Å². The van der Waals surface area contributed by atoms with Gasteiger partial charge in [0, 0.05) is 35.5 Å². The monoisotopic (exact) mass is 320 g/mol. The van der Waals surface area contributed by atoms with Gasteiger partial charge in [-0.1, -0.05) is 55.5 Å². The SMILES string of the molecule is CCC(C)NC(=O)CC(c1ccccc1)c1c[nH]c2ccccc12. The Hall–Kier alpha value is -2.55. The molecule has 0 aliphatic rings. The van der Waals surface area contributed by atoms with Crippen LogP contribution >= 0.6 is 0 Å². The topological polar surface area (TPSA) is 44.9 Å². The van der Waals surface area contributed by atoms with E-state index < -0.39 is 0 Å². The molecular formula is C21H24N2O. The zero-order valence-electron chi connectivity index (χ0n) is 14.3. The van der Waals surface area contributed by atoms with E-state index >= 15 is 0 Å². The molecule has 3 aromatic rings. The van der Waals surface area contributed by atoms with Crippen molar-refractivity contribution in [2.45, 2.75) is 38.6 Å². The zero-order chi connectivity index (χ0) is 16.9. The Kier molecular flexibility index (Phi) is 4.99. The van der Waals surface area contributed by atoms with E-state index in [1.807, 2.05) is 43.5 Å². The van der Waals surface area contributed by atoms with Crippen LogP contribution in [0.3, 0.4) is 0 Å². The molecule has 0 aliphatic carbocycles. The van der Waals surface area contributed by atoms with Crippen molar-refractivity contribution in [2.75, 3.05) is 0 Å². The second-order valence-electron chi connectivity index (χ2n) is 6.33. The number of hydrogen-bond donors (Lipinski definition) is 2. The van der Waals surface area contributed by atoms with Gasteiger partial charge in [0.05, 0.1) is 0 Å². The Morgan fingerprint density at radius 1 is 1.08 bits per heavy atom. The summed E-state index contributed by atoms with van der Waals surface area (Å²) in [7, 11) is 0.